The molecule has 0 aliphatic rings. The van der Waals surface area contributed by atoms with E-state index in [1.807, 2.05) is 0 Å². The number of hydrogen-bond donors (Lipinski definition) is 1. The predicted octanol–water partition coefficient (Wildman–Crippen LogP) is 1.26. The van der Waals surface area contributed by atoms with Crippen molar-refractivity contribution in [2.75, 3.05) is 7.11 Å². The predicted molar refractivity (Wildman–Crippen MR) is 66.8 cm³/mol. The number of esters is 1. The van der Waals surface area contributed by atoms with Crippen LogP contribution in [0.1, 0.15) is 18.9 Å². The Morgan fingerprint density at radius 3 is 2.67 bits per heavy atom. The van der Waals surface area contributed by atoms with Crippen LogP contribution in [0.2, 0.25) is 0 Å². The fraction of sp³-hybridized carbons (Fsp3) is 0.417. The minimum Gasteiger partial charge on any atom is -0.508 e. The second-order valence-corrected chi connectivity index (χ2v) is 6.49. The molecule has 0 heterocycles. The minimum absolute atomic E-state index is 0.0170. The summed E-state index contributed by atoms with van der Waals surface area (Å²) in [5.74, 6) is -0.746. The van der Waals surface area contributed by atoms with Crippen LogP contribution in [0, 0.1) is 0 Å². The number of phenols is 1. The highest BCUT2D eigenvalue weighted by Crippen LogP contribution is 2.17. The van der Waals surface area contributed by atoms with Gasteiger partial charge < -0.3 is 9.84 Å². The van der Waals surface area contributed by atoms with Gasteiger partial charge in [-0.25, -0.2) is 8.42 Å². The summed E-state index contributed by atoms with van der Waals surface area (Å²) in [5.41, 5.74) is 0.492. The maximum Gasteiger partial charge on any atom is 0.306 e. The first kappa shape index (κ1) is 14.5. The standard InChI is InChI=1S/C12H16O5S/c1-9(6-12(14)17-2)18(15,16)8-10-4-3-5-11(13)7-10/h3-5,7,9,13H,6,8H2,1-2H3. The number of phenolic OH excluding ortho intramolecular Hbond substituents is 1. The van der Waals surface area contributed by atoms with Gasteiger partial charge in [-0.05, 0) is 24.6 Å². The molecule has 1 rings (SSSR count). The summed E-state index contributed by atoms with van der Waals surface area (Å²) < 4.78 is 28.4. The van der Waals surface area contributed by atoms with Crippen LogP contribution >= 0.6 is 0 Å². The Morgan fingerprint density at radius 1 is 1.44 bits per heavy atom. The molecule has 18 heavy (non-hydrogen) atoms. The number of rotatable bonds is 5. The third-order valence-electron chi connectivity index (χ3n) is 2.57. The van der Waals surface area contributed by atoms with Crippen molar-refractivity contribution in [1.82, 2.24) is 0 Å². The Morgan fingerprint density at radius 2 is 2.11 bits per heavy atom. The van der Waals surface area contributed by atoms with Crippen LogP contribution < -0.4 is 0 Å². The molecule has 100 valence electrons. The summed E-state index contributed by atoms with van der Waals surface area (Å²) in [7, 11) is -2.23. The van der Waals surface area contributed by atoms with E-state index in [2.05, 4.69) is 4.74 Å². The van der Waals surface area contributed by atoms with Gasteiger partial charge in [0.2, 0.25) is 0 Å². The van der Waals surface area contributed by atoms with E-state index >= 15 is 0 Å². The van der Waals surface area contributed by atoms with Crippen molar-refractivity contribution in [1.29, 1.82) is 0 Å². The monoisotopic (exact) mass is 272 g/mol. The van der Waals surface area contributed by atoms with Crippen LogP contribution in [0.25, 0.3) is 0 Å². The van der Waals surface area contributed by atoms with E-state index in [4.69, 9.17) is 0 Å². The van der Waals surface area contributed by atoms with E-state index in [-0.39, 0.29) is 17.9 Å². The van der Waals surface area contributed by atoms with Crippen molar-refractivity contribution in [3.8, 4) is 5.75 Å². The highest BCUT2D eigenvalue weighted by molar-refractivity contribution is 7.91. The number of carbonyl (C=O) groups is 1. The lowest BCUT2D eigenvalue weighted by Gasteiger charge is -2.11. The average Bonchev–Trinajstić information content (AvgIpc) is 2.28. The number of aromatic hydroxyl groups is 1. The largest absolute Gasteiger partial charge is 0.508 e. The van der Waals surface area contributed by atoms with Crippen molar-refractivity contribution in [3.05, 3.63) is 29.8 Å². The Hall–Kier alpha value is -1.56. The molecule has 1 aromatic carbocycles. The van der Waals surface area contributed by atoms with Crippen LogP contribution in [0.5, 0.6) is 5.75 Å². The molecule has 0 aliphatic heterocycles. The maximum atomic E-state index is 12.0. The zero-order valence-electron chi connectivity index (χ0n) is 10.3. The van der Waals surface area contributed by atoms with Gasteiger partial charge in [-0.2, -0.15) is 0 Å². The number of sulfone groups is 1. The summed E-state index contributed by atoms with van der Waals surface area (Å²) in [6.07, 6.45) is -0.169. The Kier molecular flexibility index (Phi) is 4.72. The Labute approximate surface area is 106 Å². The molecule has 5 nitrogen and oxygen atoms in total. The number of methoxy groups -OCH3 is 1. The molecule has 0 radical (unpaired) electrons. The number of ether oxygens (including phenoxy) is 1. The summed E-state index contributed by atoms with van der Waals surface area (Å²) in [4.78, 5) is 11.0. The van der Waals surface area contributed by atoms with E-state index in [0.717, 1.165) is 0 Å². The minimum atomic E-state index is -3.45. The van der Waals surface area contributed by atoms with Gasteiger partial charge in [-0.1, -0.05) is 12.1 Å². The van der Waals surface area contributed by atoms with Crippen LogP contribution in [-0.4, -0.2) is 31.9 Å². The molecule has 0 bridgehead atoms. The smallest absolute Gasteiger partial charge is 0.306 e. The maximum absolute atomic E-state index is 12.0. The van der Waals surface area contributed by atoms with Crippen molar-refractivity contribution in [2.24, 2.45) is 0 Å². The first-order valence-electron chi connectivity index (χ1n) is 5.41. The molecule has 0 saturated carbocycles. The van der Waals surface area contributed by atoms with Crippen molar-refractivity contribution in [2.45, 2.75) is 24.3 Å². The van der Waals surface area contributed by atoms with Gasteiger partial charge in [0.1, 0.15) is 5.75 Å². The first-order chi connectivity index (χ1) is 8.35. The first-order valence-corrected chi connectivity index (χ1v) is 7.13. The van der Waals surface area contributed by atoms with Gasteiger partial charge in [0.05, 0.1) is 24.5 Å². The van der Waals surface area contributed by atoms with E-state index in [1.54, 1.807) is 12.1 Å². The summed E-state index contributed by atoms with van der Waals surface area (Å²) in [6, 6.07) is 6.05. The van der Waals surface area contributed by atoms with Crippen LogP contribution in [0.4, 0.5) is 0 Å². The number of hydrogen-bond acceptors (Lipinski definition) is 5. The molecule has 0 amide bonds. The highest BCUT2D eigenvalue weighted by atomic mass is 32.2. The molecule has 1 unspecified atom stereocenters. The second-order valence-electron chi connectivity index (χ2n) is 4.07. The van der Waals surface area contributed by atoms with E-state index in [9.17, 15) is 18.3 Å². The number of benzene rings is 1. The molecule has 1 atom stereocenters. The van der Waals surface area contributed by atoms with Crippen LogP contribution in [0.3, 0.4) is 0 Å². The molecule has 1 N–H and O–H groups in total. The quantitative estimate of drug-likeness (QED) is 0.816. The highest BCUT2D eigenvalue weighted by Gasteiger charge is 2.24. The summed E-state index contributed by atoms with van der Waals surface area (Å²) in [5, 5.41) is 8.45. The molecule has 0 aliphatic carbocycles. The van der Waals surface area contributed by atoms with Gasteiger partial charge in [0.25, 0.3) is 0 Å². The third-order valence-corrected chi connectivity index (χ3v) is 4.70. The molecule has 0 aromatic heterocycles. The van der Waals surface area contributed by atoms with Gasteiger partial charge in [-0.15, -0.1) is 0 Å². The fourth-order valence-electron chi connectivity index (χ4n) is 1.47. The van der Waals surface area contributed by atoms with Gasteiger partial charge in [-0.3, -0.25) is 4.79 Å². The molecule has 0 fully saturated rings. The van der Waals surface area contributed by atoms with Crippen molar-refractivity contribution >= 4 is 15.8 Å². The van der Waals surface area contributed by atoms with Gasteiger partial charge in [0, 0.05) is 0 Å². The Bertz CT molecular complexity index is 521. The van der Waals surface area contributed by atoms with E-state index < -0.39 is 21.1 Å². The lowest BCUT2D eigenvalue weighted by Crippen LogP contribution is -2.23. The van der Waals surface area contributed by atoms with Gasteiger partial charge >= 0.3 is 5.97 Å². The molecule has 1 aromatic rings. The third kappa shape index (κ3) is 4.03. The molecule has 0 saturated heterocycles. The molecular formula is C12H16O5S. The zero-order valence-corrected chi connectivity index (χ0v) is 11.1. The Balaban J connectivity index is 2.78. The zero-order chi connectivity index (χ0) is 13.8. The molecule has 0 spiro atoms. The van der Waals surface area contributed by atoms with E-state index in [0.29, 0.717) is 5.56 Å². The lowest BCUT2D eigenvalue weighted by molar-refractivity contribution is -0.140. The van der Waals surface area contributed by atoms with E-state index in [1.165, 1.54) is 26.2 Å². The molecule has 6 heteroatoms. The van der Waals surface area contributed by atoms with Crippen molar-refractivity contribution < 1.29 is 23.1 Å². The molecular weight excluding hydrogens is 256 g/mol. The fourth-order valence-corrected chi connectivity index (χ4v) is 2.78. The van der Waals surface area contributed by atoms with Gasteiger partial charge in [0.15, 0.2) is 9.84 Å². The van der Waals surface area contributed by atoms with Crippen LogP contribution in [0.15, 0.2) is 24.3 Å². The normalized spacial score (nSPS) is 13.0. The second kappa shape index (κ2) is 5.86. The lowest BCUT2D eigenvalue weighted by atomic mass is 10.2. The average molecular weight is 272 g/mol. The summed E-state index contributed by atoms with van der Waals surface area (Å²) >= 11 is 0. The topological polar surface area (TPSA) is 80.7 Å². The summed E-state index contributed by atoms with van der Waals surface area (Å²) in [6.45, 7) is 1.47. The van der Waals surface area contributed by atoms with Crippen LogP contribution in [-0.2, 0) is 25.1 Å². The SMILES string of the molecule is COC(=O)CC(C)S(=O)(=O)Cc1cccc(O)c1. The van der Waals surface area contributed by atoms with Crippen molar-refractivity contribution in [3.63, 3.8) is 0 Å². The number of carbonyl (C=O) groups excluding carboxylic acids is 1.